The van der Waals surface area contributed by atoms with Crippen molar-refractivity contribution in [3.05, 3.63) is 53.7 Å². The molecule has 0 unspecified atom stereocenters. The Morgan fingerprint density at radius 1 is 1.14 bits per heavy atom. The first-order chi connectivity index (χ1) is 16.8. The molecule has 3 heterocycles. The Morgan fingerprint density at radius 2 is 1.89 bits per heavy atom. The summed E-state index contributed by atoms with van der Waals surface area (Å²) in [5.74, 6) is 0.745. The van der Waals surface area contributed by atoms with Crippen LogP contribution in [0, 0.1) is 17.6 Å². The van der Waals surface area contributed by atoms with Crippen LogP contribution in [0.15, 0.2) is 36.5 Å². The first-order valence-electron chi connectivity index (χ1n) is 12.3. The summed E-state index contributed by atoms with van der Waals surface area (Å²) >= 11 is 0. The highest BCUT2D eigenvalue weighted by Gasteiger charge is 2.30. The van der Waals surface area contributed by atoms with E-state index in [1.165, 1.54) is 6.07 Å². The molecular formula is C26H35ClF2N4O3. The number of carbonyl (C=O) groups is 1. The Balaban J connectivity index is 0.00000361. The number of aromatic nitrogens is 1. The molecule has 36 heavy (non-hydrogen) atoms. The molecule has 2 aliphatic rings. The van der Waals surface area contributed by atoms with E-state index >= 15 is 0 Å². The summed E-state index contributed by atoms with van der Waals surface area (Å²) in [5.41, 5.74) is 6.70. The molecule has 2 aliphatic heterocycles. The number of nitrogens with two attached hydrogens (primary N) is 1. The quantitative estimate of drug-likeness (QED) is 0.588. The summed E-state index contributed by atoms with van der Waals surface area (Å²) in [7, 11) is 0. The lowest BCUT2D eigenvalue weighted by atomic mass is 9.85. The SMILES string of the molecule is CC(C)OC(=O)N1CCC(COc2ccc(N3CC[C@H](c4cc(F)ccc4F)[C@@H](N)C3)nc2)CC1.Cl. The molecule has 2 saturated heterocycles. The lowest BCUT2D eigenvalue weighted by Gasteiger charge is -2.37. The van der Waals surface area contributed by atoms with Crippen LogP contribution in [0.4, 0.5) is 19.4 Å². The van der Waals surface area contributed by atoms with Gasteiger partial charge >= 0.3 is 6.09 Å². The zero-order valence-corrected chi connectivity index (χ0v) is 21.6. The van der Waals surface area contributed by atoms with Crippen LogP contribution >= 0.6 is 12.4 Å². The molecule has 1 aromatic heterocycles. The number of piperidine rings is 2. The third-order valence-electron chi connectivity index (χ3n) is 6.76. The van der Waals surface area contributed by atoms with Crippen molar-refractivity contribution in [2.45, 2.75) is 51.2 Å². The molecule has 2 fully saturated rings. The topological polar surface area (TPSA) is 80.9 Å². The number of benzene rings is 1. The van der Waals surface area contributed by atoms with E-state index in [2.05, 4.69) is 9.88 Å². The number of hydrogen-bond donors (Lipinski definition) is 1. The summed E-state index contributed by atoms with van der Waals surface area (Å²) in [4.78, 5) is 20.4. The Labute approximate surface area is 217 Å². The van der Waals surface area contributed by atoms with Gasteiger partial charge in [0.25, 0.3) is 0 Å². The van der Waals surface area contributed by atoms with Crippen LogP contribution in [-0.4, -0.2) is 60.9 Å². The number of amides is 1. The highest BCUT2D eigenvalue weighted by Crippen LogP contribution is 2.31. The standard InChI is InChI=1S/C26H34F2N4O3.ClH/c1-17(2)35-26(33)31-10-7-18(8-11-31)16-34-20-4-6-25(30-14-20)32-12-9-21(24(29)15-32)22-13-19(27)3-5-23(22)28;/h3-6,13-14,17-18,21,24H,7-12,15-16,29H2,1-2H3;1H/t21-,24+;/m1./s1. The van der Waals surface area contributed by atoms with Gasteiger partial charge in [0.1, 0.15) is 23.2 Å². The molecule has 0 spiro atoms. The van der Waals surface area contributed by atoms with E-state index in [1.807, 2.05) is 26.0 Å². The van der Waals surface area contributed by atoms with E-state index in [1.54, 1.807) is 11.1 Å². The Bertz CT molecular complexity index is 1000. The summed E-state index contributed by atoms with van der Waals surface area (Å²) in [6.45, 7) is 6.78. The maximum absolute atomic E-state index is 14.2. The number of pyridine rings is 1. The number of halogens is 3. The van der Waals surface area contributed by atoms with Gasteiger partial charge < -0.3 is 25.0 Å². The van der Waals surface area contributed by atoms with Gasteiger partial charge in [0.2, 0.25) is 0 Å². The number of nitrogens with zero attached hydrogens (tertiary/aromatic N) is 3. The van der Waals surface area contributed by atoms with E-state index in [4.69, 9.17) is 15.2 Å². The number of rotatable bonds is 6. The Kier molecular flexibility index (Phi) is 9.73. The van der Waals surface area contributed by atoms with Crippen LogP contribution in [0.25, 0.3) is 0 Å². The number of carbonyl (C=O) groups excluding carboxylic acids is 1. The first-order valence-corrected chi connectivity index (χ1v) is 12.3. The Hall–Kier alpha value is -2.65. The van der Waals surface area contributed by atoms with Crippen LogP contribution in [0.3, 0.4) is 0 Å². The first kappa shape index (κ1) is 27.9. The van der Waals surface area contributed by atoms with Gasteiger partial charge in [-0.2, -0.15) is 0 Å². The van der Waals surface area contributed by atoms with Crippen LogP contribution in [0.5, 0.6) is 5.75 Å². The second-order valence-corrected chi connectivity index (χ2v) is 9.70. The number of anilines is 1. The van der Waals surface area contributed by atoms with E-state index in [0.29, 0.717) is 56.4 Å². The summed E-state index contributed by atoms with van der Waals surface area (Å²) < 4.78 is 39.0. The second-order valence-electron chi connectivity index (χ2n) is 9.70. The van der Waals surface area contributed by atoms with E-state index in [0.717, 1.165) is 30.8 Å². The molecule has 0 saturated carbocycles. The van der Waals surface area contributed by atoms with Gasteiger partial charge in [-0.3, -0.25) is 0 Å². The monoisotopic (exact) mass is 524 g/mol. The highest BCUT2D eigenvalue weighted by molar-refractivity contribution is 5.85. The number of likely N-dealkylation sites (tertiary alicyclic amines) is 1. The third-order valence-corrected chi connectivity index (χ3v) is 6.76. The highest BCUT2D eigenvalue weighted by atomic mass is 35.5. The van der Waals surface area contributed by atoms with Crippen LogP contribution < -0.4 is 15.4 Å². The molecule has 4 rings (SSSR count). The van der Waals surface area contributed by atoms with E-state index in [9.17, 15) is 13.6 Å². The summed E-state index contributed by atoms with van der Waals surface area (Å²) in [6, 6.07) is 6.99. The van der Waals surface area contributed by atoms with E-state index in [-0.39, 0.29) is 36.6 Å². The van der Waals surface area contributed by atoms with Gasteiger partial charge in [-0.15, -0.1) is 12.4 Å². The van der Waals surface area contributed by atoms with Gasteiger partial charge in [0.05, 0.1) is 18.9 Å². The molecule has 198 valence electrons. The van der Waals surface area contributed by atoms with Gasteiger partial charge in [-0.25, -0.2) is 18.6 Å². The lowest BCUT2D eigenvalue weighted by molar-refractivity contribution is 0.0608. The van der Waals surface area contributed by atoms with Crippen molar-refractivity contribution in [2.24, 2.45) is 11.7 Å². The second kappa shape index (κ2) is 12.5. The number of ether oxygens (including phenoxy) is 2. The van der Waals surface area contributed by atoms with Crippen molar-refractivity contribution in [1.29, 1.82) is 0 Å². The fourth-order valence-corrected chi connectivity index (χ4v) is 4.79. The molecular weight excluding hydrogens is 490 g/mol. The molecule has 2 N–H and O–H groups in total. The summed E-state index contributed by atoms with van der Waals surface area (Å²) in [6.07, 6.45) is 3.70. The van der Waals surface area contributed by atoms with Crippen molar-refractivity contribution in [2.75, 3.05) is 37.7 Å². The third kappa shape index (κ3) is 6.97. The molecule has 2 aromatic rings. The molecule has 0 aliphatic carbocycles. The summed E-state index contributed by atoms with van der Waals surface area (Å²) in [5, 5.41) is 0. The van der Waals surface area contributed by atoms with Crippen molar-refractivity contribution in [3.8, 4) is 5.75 Å². The van der Waals surface area contributed by atoms with Gasteiger partial charge in [-0.05, 0) is 74.9 Å². The number of hydrogen-bond acceptors (Lipinski definition) is 6. The van der Waals surface area contributed by atoms with Crippen molar-refractivity contribution >= 4 is 24.3 Å². The van der Waals surface area contributed by atoms with E-state index < -0.39 is 11.6 Å². The predicted octanol–water partition coefficient (Wildman–Crippen LogP) is 4.74. The normalized spacial score (nSPS) is 20.7. The molecule has 1 aromatic carbocycles. The lowest BCUT2D eigenvalue weighted by Crippen LogP contribution is -2.48. The minimum absolute atomic E-state index is 0. The van der Waals surface area contributed by atoms with Crippen molar-refractivity contribution in [3.63, 3.8) is 0 Å². The maximum atomic E-state index is 14.2. The van der Waals surface area contributed by atoms with Crippen molar-refractivity contribution < 1.29 is 23.0 Å². The van der Waals surface area contributed by atoms with Crippen LogP contribution in [0.2, 0.25) is 0 Å². The molecule has 2 atom stereocenters. The molecule has 0 radical (unpaired) electrons. The van der Waals surface area contributed by atoms with Gasteiger partial charge in [-0.1, -0.05) is 0 Å². The molecule has 10 heteroatoms. The van der Waals surface area contributed by atoms with Crippen LogP contribution in [0.1, 0.15) is 44.6 Å². The molecule has 0 bridgehead atoms. The fourth-order valence-electron chi connectivity index (χ4n) is 4.79. The van der Waals surface area contributed by atoms with Gasteiger partial charge in [0.15, 0.2) is 0 Å². The predicted molar refractivity (Wildman–Crippen MR) is 137 cm³/mol. The largest absolute Gasteiger partial charge is 0.492 e. The van der Waals surface area contributed by atoms with Crippen molar-refractivity contribution in [1.82, 2.24) is 9.88 Å². The minimum atomic E-state index is -0.451. The Morgan fingerprint density at radius 3 is 2.53 bits per heavy atom. The minimum Gasteiger partial charge on any atom is -0.492 e. The molecule has 1 amide bonds. The van der Waals surface area contributed by atoms with Gasteiger partial charge in [0, 0.05) is 38.1 Å². The average Bonchev–Trinajstić information content (AvgIpc) is 2.84. The zero-order chi connectivity index (χ0) is 24.9. The average molecular weight is 525 g/mol. The maximum Gasteiger partial charge on any atom is 0.410 e. The fraction of sp³-hybridized carbons (Fsp3) is 0.538. The smallest absolute Gasteiger partial charge is 0.410 e. The van der Waals surface area contributed by atoms with Crippen LogP contribution in [-0.2, 0) is 4.74 Å². The molecule has 7 nitrogen and oxygen atoms in total. The zero-order valence-electron chi connectivity index (χ0n) is 20.7.